The van der Waals surface area contributed by atoms with Crippen LogP contribution in [0.2, 0.25) is 0 Å². The van der Waals surface area contributed by atoms with Crippen LogP contribution in [0.3, 0.4) is 0 Å². The Hall–Kier alpha value is -1.40. The van der Waals surface area contributed by atoms with Crippen molar-refractivity contribution in [1.29, 1.82) is 0 Å². The lowest BCUT2D eigenvalue weighted by molar-refractivity contribution is -0.274. The molecule has 0 fully saturated rings. The molecule has 0 aliphatic rings. The highest BCUT2D eigenvalue weighted by Gasteiger charge is 2.34. The first-order valence-corrected chi connectivity index (χ1v) is 3.61. The highest BCUT2D eigenvalue weighted by Crippen LogP contribution is 2.32. The molecule has 0 aliphatic heterocycles. The van der Waals surface area contributed by atoms with Gasteiger partial charge >= 0.3 is 12.5 Å². The fourth-order valence-electron chi connectivity index (χ4n) is 0.870. The number of benzene rings is 1. The van der Waals surface area contributed by atoms with E-state index >= 15 is 0 Å². The molecule has 0 spiro atoms. The van der Waals surface area contributed by atoms with E-state index in [1.807, 2.05) is 0 Å². The number of hydrogen-bond donors (Lipinski definition) is 0. The Morgan fingerprint density at radius 3 is 2.00 bits per heavy atom. The molecular formula is C8H4F6O. The van der Waals surface area contributed by atoms with Crippen molar-refractivity contribution in [3.63, 3.8) is 0 Å². The zero-order valence-corrected chi connectivity index (χ0v) is 6.99. The van der Waals surface area contributed by atoms with Crippen molar-refractivity contribution in [2.75, 3.05) is 0 Å². The quantitative estimate of drug-likeness (QED) is 0.669. The summed E-state index contributed by atoms with van der Waals surface area (Å²) in [5.74, 6) is -0.891. The second kappa shape index (κ2) is 3.63. The second-order valence-electron chi connectivity index (χ2n) is 2.57. The van der Waals surface area contributed by atoms with E-state index in [1.165, 1.54) is 0 Å². The number of ether oxygens (including phenoxy) is 1. The summed E-state index contributed by atoms with van der Waals surface area (Å²) in [6.45, 7) is 0. The van der Waals surface area contributed by atoms with Gasteiger partial charge in [0, 0.05) is 0 Å². The van der Waals surface area contributed by atoms with Gasteiger partial charge < -0.3 is 4.74 Å². The predicted molar refractivity (Wildman–Crippen MR) is 38.1 cm³/mol. The number of rotatable bonds is 1. The minimum absolute atomic E-state index is 0.285. The first kappa shape index (κ1) is 11.7. The van der Waals surface area contributed by atoms with Crippen LogP contribution in [0.1, 0.15) is 5.56 Å². The van der Waals surface area contributed by atoms with E-state index in [0.29, 0.717) is 6.07 Å². The molecule has 7 heteroatoms. The third-order valence-electron chi connectivity index (χ3n) is 1.39. The Labute approximate surface area is 80.3 Å². The van der Waals surface area contributed by atoms with Gasteiger partial charge in [-0.25, -0.2) is 0 Å². The lowest BCUT2D eigenvalue weighted by atomic mass is 10.2. The third-order valence-corrected chi connectivity index (χ3v) is 1.39. The van der Waals surface area contributed by atoms with E-state index < -0.39 is 23.9 Å². The molecule has 1 aromatic carbocycles. The number of alkyl halides is 6. The van der Waals surface area contributed by atoms with Crippen molar-refractivity contribution in [3.05, 3.63) is 29.8 Å². The van der Waals surface area contributed by atoms with E-state index in [9.17, 15) is 26.3 Å². The van der Waals surface area contributed by atoms with Crippen molar-refractivity contribution in [2.24, 2.45) is 0 Å². The van der Waals surface area contributed by atoms with E-state index in [2.05, 4.69) is 4.74 Å². The first-order valence-electron chi connectivity index (χ1n) is 3.61. The largest absolute Gasteiger partial charge is 0.573 e. The first-order chi connectivity index (χ1) is 6.68. The fraction of sp³-hybridized carbons (Fsp3) is 0.250. The number of halogens is 6. The Bertz CT molecular complexity index is 340. The van der Waals surface area contributed by atoms with Crippen molar-refractivity contribution in [3.8, 4) is 5.75 Å². The average molecular weight is 230 g/mol. The van der Waals surface area contributed by atoms with Gasteiger partial charge in [-0.2, -0.15) is 13.2 Å². The number of hydrogen-bond acceptors (Lipinski definition) is 1. The van der Waals surface area contributed by atoms with Gasteiger partial charge in [0.05, 0.1) is 5.56 Å². The molecule has 84 valence electrons. The van der Waals surface area contributed by atoms with Crippen LogP contribution in [0.25, 0.3) is 0 Å². The van der Waals surface area contributed by atoms with Crippen molar-refractivity contribution >= 4 is 0 Å². The van der Waals surface area contributed by atoms with E-state index in [0.717, 1.165) is 12.1 Å². The highest BCUT2D eigenvalue weighted by atomic mass is 19.4. The lowest BCUT2D eigenvalue weighted by Crippen LogP contribution is -2.17. The van der Waals surface area contributed by atoms with Crippen LogP contribution in [0.4, 0.5) is 26.3 Å². The second-order valence-corrected chi connectivity index (χ2v) is 2.57. The molecule has 0 radical (unpaired) electrons. The normalized spacial score (nSPS) is 12.7. The van der Waals surface area contributed by atoms with Gasteiger partial charge in [0.15, 0.2) is 0 Å². The molecule has 0 aliphatic carbocycles. The molecule has 1 rings (SSSR count). The van der Waals surface area contributed by atoms with Crippen molar-refractivity contribution in [2.45, 2.75) is 12.5 Å². The molecule has 0 N–H and O–H groups in total. The van der Waals surface area contributed by atoms with Crippen LogP contribution in [0.5, 0.6) is 5.75 Å². The van der Waals surface area contributed by atoms with Crippen LogP contribution in [0.15, 0.2) is 24.3 Å². The van der Waals surface area contributed by atoms with Gasteiger partial charge in [0.1, 0.15) is 5.75 Å². The molecule has 0 aromatic heterocycles. The highest BCUT2D eigenvalue weighted by molar-refractivity contribution is 5.30. The Morgan fingerprint density at radius 1 is 0.933 bits per heavy atom. The molecule has 0 amide bonds. The summed E-state index contributed by atoms with van der Waals surface area (Å²) in [6, 6.07) is 2.57. The molecule has 1 aromatic rings. The summed E-state index contributed by atoms with van der Waals surface area (Å²) in [5.41, 5.74) is -1.19. The van der Waals surface area contributed by atoms with Crippen molar-refractivity contribution in [1.82, 2.24) is 0 Å². The average Bonchev–Trinajstić information content (AvgIpc) is 1.99. The maximum Gasteiger partial charge on any atom is 0.573 e. The summed E-state index contributed by atoms with van der Waals surface area (Å²) < 4.78 is 74.5. The van der Waals surface area contributed by atoms with Gasteiger partial charge in [-0.05, 0) is 18.2 Å². The minimum atomic E-state index is -5.00. The zero-order chi connectivity index (χ0) is 11.7. The zero-order valence-electron chi connectivity index (χ0n) is 6.99. The van der Waals surface area contributed by atoms with E-state index in [1.54, 1.807) is 0 Å². The summed E-state index contributed by atoms with van der Waals surface area (Å²) in [5, 5.41) is 0. The molecule has 0 atom stereocenters. The predicted octanol–water partition coefficient (Wildman–Crippen LogP) is 3.60. The molecule has 0 bridgehead atoms. The monoisotopic (exact) mass is 230 g/mol. The van der Waals surface area contributed by atoms with Crippen LogP contribution in [-0.4, -0.2) is 6.36 Å². The fourth-order valence-corrected chi connectivity index (χ4v) is 0.870. The van der Waals surface area contributed by atoms with Gasteiger partial charge in [-0.1, -0.05) is 6.07 Å². The SMILES string of the molecule is FC(F)(F)Oc1cccc(C(F)(F)F)c1. The van der Waals surface area contributed by atoms with Crippen LogP contribution in [0, 0.1) is 0 Å². The van der Waals surface area contributed by atoms with E-state index in [4.69, 9.17) is 0 Å². The van der Waals surface area contributed by atoms with Gasteiger partial charge in [-0.3, -0.25) is 0 Å². The molecule has 1 nitrogen and oxygen atoms in total. The molecule has 0 saturated heterocycles. The molecule has 0 heterocycles. The maximum atomic E-state index is 12.1. The Morgan fingerprint density at radius 2 is 1.53 bits per heavy atom. The topological polar surface area (TPSA) is 9.23 Å². The molecule has 0 saturated carbocycles. The lowest BCUT2D eigenvalue weighted by Gasteiger charge is -2.11. The molecule has 15 heavy (non-hydrogen) atoms. The van der Waals surface area contributed by atoms with Crippen LogP contribution >= 0.6 is 0 Å². The third kappa shape index (κ3) is 3.69. The maximum absolute atomic E-state index is 12.1. The summed E-state index contributed by atoms with van der Waals surface area (Å²) in [7, 11) is 0. The molecular weight excluding hydrogens is 226 g/mol. The Balaban J connectivity index is 2.94. The standard InChI is InChI=1S/C8H4F6O/c9-7(10,11)5-2-1-3-6(4-5)15-8(12,13)14/h1-4H. The van der Waals surface area contributed by atoms with Gasteiger partial charge in [0.25, 0.3) is 0 Å². The van der Waals surface area contributed by atoms with Crippen LogP contribution in [-0.2, 0) is 6.18 Å². The van der Waals surface area contributed by atoms with Gasteiger partial charge in [0.2, 0.25) is 0 Å². The Kier molecular flexibility index (Phi) is 2.83. The smallest absolute Gasteiger partial charge is 0.406 e. The summed E-state index contributed by atoms with van der Waals surface area (Å²) in [6.07, 6.45) is -9.69. The minimum Gasteiger partial charge on any atom is -0.406 e. The summed E-state index contributed by atoms with van der Waals surface area (Å²) in [4.78, 5) is 0. The molecule has 0 unspecified atom stereocenters. The van der Waals surface area contributed by atoms with E-state index in [-0.39, 0.29) is 6.07 Å². The van der Waals surface area contributed by atoms with Crippen molar-refractivity contribution < 1.29 is 31.1 Å². The summed E-state index contributed by atoms with van der Waals surface area (Å²) >= 11 is 0. The van der Waals surface area contributed by atoms with Gasteiger partial charge in [-0.15, -0.1) is 13.2 Å². The van der Waals surface area contributed by atoms with Crippen LogP contribution < -0.4 is 4.74 Å².